The summed E-state index contributed by atoms with van der Waals surface area (Å²) in [5.41, 5.74) is 4.38. The van der Waals surface area contributed by atoms with Gasteiger partial charge in [0.15, 0.2) is 17.5 Å². The van der Waals surface area contributed by atoms with E-state index >= 15 is 0 Å². The number of nitrogens with zero attached hydrogens (tertiary/aromatic N) is 3. The van der Waals surface area contributed by atoms with Crippen LogP contribution in [0.5, 0.6) is 11.5 Å². The number of hydroxylamine groups is 1. The van der Waals surface area contributed by atoms with E-state index in [0.717, 1.165) is 66.8 Å². The molecule has 0 unspecified atom stereocenters. The Hall–Kier alpha value is -3.45. The van der Waals surface area contributed by atoms with Crippen LogP contribution in [0, 0.1) is 22.9 Å². The highest BCUT2D eigenvalue weighted by molar-refractivity contribution is 5.85. The quantitative estimate of drug-likeness (QED) is 0.175. The maximum atomic E-state index is 13.5. The second-order valence-corrected chi connectivity index (χ2v) is 11.5. The van der Waals surface area contributed by atoms with Gasteiger partial charge in [-0.25, -0.2) is 18.7 Å². The minimum absolute atomic E-state index is 0.0818. The number of benzene rings is 2. The number of piperidine rings is 1. The molecule has 2 aromatic carbocycles. The zero-order valence-electron chi connectivity index (χ0n) is 24.9. The Bertz CT molecular complexity index is 1420. The molecule has 0 atom stereocenters. The number of carbonyl (C=O) groups is 1. The Kier molecular flexibility index (Phi) is 10.6. The van der Waals surface area contributed by atoms with Crippen molar-refractivity contribution in [3.63, 3.8) is 0 Å². The topological polar surface area (TPSA) is 96.4 Å². The van der Waals surface area contributed by atoms with E-state index in [1.165, 1.54) is 5.56 Å². The maximum Gasteiger partial charge on any atom is 0.249 e. The number of hydrogen-bond donors (Lipinski definition) is 2. The van der Waals surface area contributed by atoms with Crippen LogP contribution in [0.25, 0.3) is 10.9 Å². The van der Waals surface area contributed by atoms with Crippen LogP contribution in [0.2, 0.25) is 0 Å². The van der Waals surface area contributed by atoms with Gasteiger partial charge in [0.05, 0.1) is 31.3 Å². The van der Waals surface area contributed by atoms with Crippen molar-refractivity contribution in [2.45, 2.75) is 38.6 Å². The molecule has 0 saturated carbocycles. The van der Waals surface area contributed by atoms with Crippen molar-refractivity contribution in [1.82, 2.24) is 20.3 Å². The number of likely N-dealkylation sites (tertiary alicyclic amines) is 1. The molecule has 3 aromatic rings. The van der Waals surface area contributed by atoms with Crippen LogP contribution < -0.4 is 15.0 Å². The van der Waals surface area contributed by atoms with Gasteiger partial charge in [-0.05, 0) is 74.5 Å². The van der Waals surface area contributed by atoms with Crippen LogP contribution in [0.3, 0.4) is 0 Å². The van der Waals surface area contributed by atoms with E-state index in [2.05, 4.69) is 9.80 Å². The number of carbonyl (C=O) groups excluding carboxylic acids is 1. The summed E-state index contributed by atoms with van der Waals surface area (Å²) in [6, 6.07) is 7.51. The molecule has 2 fully saturated rings. The van der Waals surface area contributed by atoms with Crippen molar-refractivity contribution in [2.24, 2.45) is 5.41 Å². The molecule has 2 aliphatic rings. The van der Waals surface area contributed by atoms with Gasteiger partial charge < -0.3 is 14.2 Å². The predicted molar refractivity (Wildman–Crippen MR) is 157 cm³/mol. The number of fused-ring (bicyclic) bond motifs is 1. The average Bonchev–Trinajstić information content (AvgIpc) is 3.05. The van der Waals surface area contributed by atoms with Crippen LogP contribution >= 0.6 is 0 Å². The molecule has 0 radical (unpaired) electrons. The third-order valence-electron chi connectivity index (χ3n) is 8.89. The van der Waals surface area contributed by atoms with E-state index in [1.807, 2.05) is 29.9 Å². The number of pyridine rings is 1. The number of aromatic nitrogens is 1. The monoisotopic (exact) mass is 616 g/mol. The van der Waals surface area contributed by atoms with Crippen LogP contribution in [-0.4, -0.2) is 85.6 Å². The predicted octanol–water partition coefficient (Wildman–Crippen LogP) is 4.48. The van der Waals surface area contributed by atoms with E-state index < -0.39 is 22.9 Å². The van der Waals surface area contributed by atoms with Crippen molar-refractivity contribution < 1.29 is 37.4 Å². The number of morpholine rings is 1. The van der Waals surface area contributed by atoms with Gasteiger partial charge in [0.2, 0.25) is 5.91 Å². The average molecular weight is 617 g/mol. The third kappa shape index (κ3) is 7.43. The lowest BCUT2D eigenvalue weighted by atomic mass is 9.73. The second kappa shape index (κ2) is 14.6. The van der Waals surface area contributed by atoms with Crippen molar-refractivity contribution in [1.29, 1.82) is 0 Å². The first-order valence-electron chi connectivity index (χ1n) is 15.0. The Labute approximate surface area is 254 Å². The van der Waals surface area contributed by atoms with Gasteiger partial charge in [-0.2, -0.15) is 0 Å². The highest BCUT2D eigenvalue weighted by atomic mass is 19.2. The van der Waals surface area contributed by atoms with E-state index in [-0.39, 0.29) is 18.3 Å². The smallest absolute Gasteiger partial charge is 0.249 e. The fraction of sp³-hybridized carbons (Fsp3) is 0.500. The Morgan fingerprint density at radius 2 is 1.77 bits per heavy atom. The van der Waals surface area contributed by atoms with E-state index in [9.17, 15) is 23.2 Å². The van der Waals surface area contributed by atoms with Gasteiger partial charge in [-0.1, -0.05) is 0 Å². The van der Waals surface area contributed by atoms with Gasteiger partial charge in [0, 0.05) is 49.9 Å². The first-order chi connectivity index (χ1) is 21.3. The van der Waals surface area contributed by atoms with Gasteiger partial charge in [0.1, 0.15) is 18.1 Å². The molecule has 0 bridgehead atoms. The minimum Gasteiger partial charge on any atom is -0.497 e. The lowest BCUT2D eigenvalue weighted by Gasteiger charge is -2.40. The molecule has 2 aliphatic heterocycles. The first-order valence-corrected chi connectivity index (χ1v) is 15.0. The maximum absolute atomic E-state index is 13.5. The van der Waals surface area contributed by atoms with E-state index in [1.54, 1.807) is 7.11 Å². The number of amides is 1. The first kappa shape index (κ1) is 32.0. The summed E-state index contributed by atoms with van der Waals surface area (Å²) in [6.45, 7) is 5.66. The summed E-state index contributed by atoms with van der Waals surface area (Å²) in [7, 11) is 1.64. The molecular formula is C32H39F3N4O5. The Morgan fingerprint density at radius 3 is 2.45 bits per heavy atom. The zero-order valence-corrected chi connectivity index (χ0v) is 24.9. The van der Waals surface area contributed by atoms with Crippen molar-refractivity contribution in [3.8, 4) is 11.5 Å². The number of nitrogens with one attached hydrogen (secondary N) is 1. The summed E-state index contributed by atoms with van der Waals surface area (Å²) < 4.78 is 56.7. The molecule has 1 aromatic heterocycles. The Balaban J connectivity index is 1.23. The van der Waals surface area contributed by atoms with Gasteiger partial charge in [0.25, 0.3) is 0 Å². The zero-order chi connectivity index (χ0) is 31.1. The third-order valence-corrected chi connectivity index (χ3v) is 8.89. The van der Waals surface area contributed by atoms with E-state index in [4.69, 9.17) is 19.2 Å². The molecule has 9 nitrogen and oxygen atoms in total. The number of aryl methyl sites for hydroxylation is 1. The highest BCUT2D eigenvalue weighted by Gasteiger charge is 2.40. The lowest BCUT2D eigenvalue weighted by Crippen LogP contribution is -2.49. The fourth-order valence-electron chi connectivity index (χ4n) is 6.25. The van der Waals surface area contributed by atoms with Gasteiger partial charge in [-0.3, -0.25) is 24.8 Å². The van der Waals surface area contributed by atoms with Crippen molar-refractivity contribution in [3.05, 3.63) is 65.1 Å². The number of methoxy groups -OCH3 is 1. The molecule has 2 saturated heterocycles. The molecule has 0 aliphatic carbocycles. The molecule has 238 valence electrons. The lowest BCUT2D eigenvalue weighted by molar-refractivity contribution is -0.143. The molecule has 1 amide bonds. The highest BCUT2D eigenvalue weighted by Crippen LogP contribution is 2.38. The van der Waals surface area contributed by atoms with Gasteiger partial charge in [-0.15, -0.1) is 0 Å². The number of halogens is 3. The molecule has 0 spiro atoms. The summed E-state index contributed by atoms with van der Waals surface area (Å²) in [5.74, 6) is -3.85. The largest absolute Gasteiger partial charge is 0.497 e. The summed E-state index contributed by atoms with van der Waals surface area (Å²) in [6.07, 6.45) is 5.06. The molecule has 5 rings (SSSR count). The van der Waals surface area contributed by atoms with Crippen LogP contribution in [-0.2, 0) is 22.5 Å². The fourth-order valence-corrected chi connectivity index (χ4v) is 6.25. The summed E-state index contributed by atoms with van der Waals surface area (Å²) >= 11 is 0. The number of ether oxygens (including phenoxy) is 3. The molecule has 3 heterocycles. The van der Waals surface area contributed by atoms with Crippen LogP contribution in [0.1, 0.15) is 36.8 Å². The number of hydrogen-bond acceptors (Lipinski definition) is 8. The standard InChI is InChI=1S/C32H39F3N4O5/c1-42-23-4-5-29-26(17-23)25(22(20-36-29)21-39-11-14-43-15-12-39)3-2-6-32(31(40)37-41)7-9-38(10-8-32)13-16-44-24-18-27(33)30(35)28(34)19-24/h4-5,17-20,41H,2-3,6-16,21H2,1H3,(H,37,40). The minimum atomic E-state index is -1.53. The second-order valence-electron chi connectivity index (χ2n) is 11.5. The Morgan fingerprint density at radius 1 is 1.05 bits per heavy atom. The summed E-state index contributed by atoms with van der Waals surface area (Å²) in [5, 5.41) is 10.7. The van der Waals surface area contributed by atoms with Gasteiger partial charge >= 0.3 is 0 Å². The SMILES string of the molecule is COc1ccc2ncc(CN3CCOCC3)c(CCCC3(C(=O)NO)CCN(CCOc4cc(F)c(F)c(F)c4)CC3)c2c1. The van der Waals surface area contributed by atoms with Crippen LogP contribution in [0.15, 0.2) is 36.5 Å². The van der Waals surface area contributed by atoms with Crippen molar-refractivity contribution >= 4 is 16.8 Å². The normalized spacial score (nSPS) is 17.5. The van der Waals surface area contributed by atoms with Crippen LogP contribution in [0.4, 0.5) is 13.2 Å². The molecular weight excluding hydrogens is 577 g/mol. The molecule has 12 heteroatoms. The number of rotatable bonds is 12. The molecule has 2 N–H and O–H groups in total. The van der Waals surface area contributed by atoms with Crippen molar-refractivity contribution in [2.75, 3.05) is 59.7 Å². The van der Waals surface area contributed by atoms with E-state index in [0.29, 0.717) is 52.1 Å². The summed E-state index contributed by atoms with van der Waals surface area (Å²) in [4.78, 5) is 22.2. The molecule has 44 heavy (non-hydrogen) atoms.